The maximum Gasteiger partial charge on any atom is 0.341 e. The van der Waals surface area contributed by atoms with Gasteiger partial charge in [-0.2, -0.15) is 9.97 Å². The number of fused-ring (bicyclic) bond motifs is 3. The molecule has 0 atom stereocenters. The molecule has 5 rings (SSSR count). The molecule has 1 aliphatic heterocycles. The summed E-state index contributed by atoms with van der Waals surface area (Å²) in [5.74, 6) is -0.370. The summed E-state index contributed by atoms with van der Waals surface area (Å²) in [6, 6.07) is 13.4. The predicted molar refractivity (Wildman–Crippen MR) is 125 cm³/mol. The Labute approximate surface area is 188 Å². The Balaban J connectivity index is 1.61. The van der Waals surface area contributed by atoms with E-state index >= 15 is 0 Å². The number of para-hydroxylation sites is 1. The summed E-state index contributed by atoms with van der Waals surface area (Å²) < 4.78 is 5.55. The number of benzene rings is 2. The highest BCUT2D eigenvalue weighted by molar-refractivity contribution is 5.91. The van der Waals surface area contributed by atoms with Crippen LogP contribution in [0.4, 0.5) is 23.1 Å². The highest BCUT2D eigenvalue weighted by Crippen LogP contribution is 2.41. The molecule has 0 radical (unpaired) electrons. The summed E-state index contributed by atoms with van der Waals surface area (Å²) in [5.41, 5.74) is 16.5. The number of aromatic nitrogens is 4. The van der Waals surface area contributed by atoms with Gasteiger partial charge in [-0.05, 0) is 29.8 Å². The zero-order valence-electron chi connectivity index (χ0n) is 17.3. The molecule has 4 aromatic rings. The Hall–Kier alpha value is -4.73. The van der Waals surface area contributed by atoms with Crippen LogP contribution < -0.4 is 21.1 Å². The van der Waals surface area contributed by atoms with Gasteiger partial charge in [0, 0.05) is 11.3 Å². The summed E-state index contributed by atoms with van der Waals surface area (Å²) in [5, 5.41) is 9.05. The summed E-state index contributed by atoms with van der Waals surface area (Å²) in [6.45, 7) is -0.0728. The molecule has 164 valence electrons. The SMILES string of the molecule is Nc1nc(N)c2nc(CN3c4ccccc4C=Cc4c(OCC(=O)O)cccc43)cnc2n1. The number of hydrogen-bond donors (Lipinski definition) is 3. The quantitative estimate of drug-likeness (QED) is 0.421. The summed E-state index contributed by atoms with van der Waals surface area (Å²) in [4.78, 5) is 30.2. The molecule has 0 unspecified atom stereocenters. The van der Waals surface area contributed by atoms with Crippen LogP contribution in [0.5, 0.6) is 5.75 Å². The van der Waals surface area contributed by atoms with Crippen LogP contribution in [0.15, 0.2) is 48.7 Å². The summed E-state index contributed by atoms with van der Waals surface area (Å²) >= 11 is 0. The van der Waals surface area contributed by atoms with Gasteiger partial charge in [0.2, 0.25) is 5.95 Å². The maximum absolute atomic E-state index is 11.1. The lowest BCUT2D eigenvalue weighted by molar-refractivity contribution is -0.139. The zero-order valence-corrected chi connectivity index (χ0v) is 17.3. The first-order valence-electron chi connectivity index (χ1n) is 10.1. The van der Waals surface area contributed by atoms with Crippen molar-refractivity contribution in [1.29, 1.82) is 0 Å². The Morgan fingerprint density at radius 3 is 2.67 bits per heavy atom. The van der Waals surface area contributed by atoms with Crippen LogP contribution in [0.2, 0.25) is 0 Å². The van der Waals surface area contributed by atoms with Crippen LogP contribution >= 0.6 is 0 Å². The lowest BCUT2D eigenvalue weighted by atomic mass is 10.1. The lowest BCUT2D eigenvalue weighted by Crippen LogP contribution is -2.19. The minimum atomic E-state index is -1.04. The third-order valence-corrected chi connectivity index (χ3v) is 5.16. The molecule has 10 nitrogen and oxygen atoms in total. The second-order valence-corrected chi connectivity index (χ2v) is 7.35. The van der Waals surface area contributed by atoms with Crippen LogP contribution in [-0.4, -0.2) is 37.6 Å². The molecule has 0 saturated heterocycles. The Bertz CT molecular complexity index is 1420. The van der Waals surface area contributed by atoms with E-state index in [0.717, 1.165) is 22.5 Å². The highest BCUT2D eigenvalue weighted by Gasteiger charge is 2.22. The van der Waals surface area contributed by atoms with E-state index in [0.29, 0.717) is 29.2 Å². The van der Waals surface area contributed by atoms with E-state index in [2.05, 4.69) is 24.8 Å². The van der Waals surface area contributed by atoms with E-state index in [-0.39, 0.29) is 11.8 Å². The molecule has 0 aliphatic carbocycles. The number of carboxylic acid groups (broad SMARTS) is 1. The van der Waals surface area contributed by atoms with Gasteiger partial charge in [0.05, 0.1) is 24.1 Å². The van der Waals surface area contributed by atoms with E-state index in [9.17, 15) is 4.79 Å². The van der Waals surface area contributed by atoms with Gasteiger partial charge in [0.25, 0.3) is 0 Å². The minimum Gasteiger partial charge on any atom is -0.481 e. The third kappa shape index (κ3) is 3.85. The van der Waals surface area contributed by atoms with E-state index < -0.39 is 12.6 Å². The molecule has 10 heteroatoms. The zero-order chi connectivity index (χ0) is 22.9. The van der Waals surface area contributed by atoms with Crippen LogP contribution in [0.1, 0.15) is 16.8 Å². The van der Waals surface area contributed by atoms with Gasteiger partial charge in [-0.15, -0.1) is 0 Å². The van der Waals surface area contributed by atoms with Gasteiger partial charge in [0.1, 0.15) is 5.75 Å². The van der Waals surface area contributed by atoms with Crippen molar-refractivity contribution in [1.82, 2.24) is 19.9 Å². The average Bonchev–Trinajstić information content (AvgIpc) is 2.95. The topological polar surface area (TPSA) is 153 Å². The molecule has 1 aliphatic rings. The number of carboxylic acids is 1. The van der Waals surface area contributed by atoms with Crippen molar-refractivity contribution in [2.45, 2.75) is 6.54 Å². The van der Waals surface area contributed by atoms with E-state index in [1.807, 2.05) is 48.6 Å². The monoisotopic (exact) mass is 441 g/mol. The standard InChI is InChI=1S/C23H19N7O3/c24-21-20-22(29-23(25)28-21)26-10-14(27-20)11-30-16-5-2-1-4-13(16)8-9-15-17(30)6-3-7-18(15)33-12-19(31)32/h1-10H,11-12H2,(H,31,32)(H4,24,25,26,28,29). The number of carbonyl (C=O) groups is 1. The molecule has 0 fully saturated rings. The summed E-state index contributed by atoms with van der Waals surface area (Å²) in [7, 11) is 0. The number of hydrogen-bond acceptors (Lipinski definition) is 9. The minimum absolute atomic E-state index is 0.0392. The molecular weight excluding hydrogens is 422 g/mol. The van der Waals surface area contributed by atoms with Gasteiger partial charge < -0.3 is 26.2 Å². The van der Waals surface area contributed by atoms with Gasteiger partial charge in [0.15, 0.2) is 23.6 Å². The fourth-order valence-corrected chi connectivity index (χ4v) is 3.77. The number of nitrogens with zero attached hydrogens (tertiary/aromatic N) is 5. The summed E-state index contributed by atoms with van der Waals surface area (Å²) in [6.07, 6.45) is 5.52. The molecule has 2 aromatic heterocycles. The molecule has 0 bridgehead atoms. The molecule has 0 amide bonds. The first-order chi connectivity index (χ1) is 16.0. The van der Waals surface area contributed by atoms with Crippen molar-refractivity contribution in [3.63, 3.8) is 0 Å². The second kappa shape index (κ2) is 8.08. The first kappa shape index (κ1) is 20.2. The van der Waals surface area contributed by atoms with Gasteiger partial charge in [-0.1, -0.05) is 30.3 Å². The van der Waals surface area contributed by atoms with Crippen molar-refractivity contribution in [3.05, 3.63) is 65.5 Å². The van der Waals surface area contributed by atoms with Crippen LogP contribution in [0.25, 0.3) is 23.3 Å². The van der Waals surface area contributed by atoms with Crippen molar-refractivity contribution < 1.29 is 14.6 Å². The van der Waals surface area contributed by atoms with E-state index in [1.165, 1.54) is 0 Å². The van der Waals surface area contributed by atoms with Crippen molar-refractivity contribution in [3.8, 4) is 5.75 Å². The average molecular weight is 441 g/mol. The van der Waals surface area contributed by atoms with Gasteiger partial charge >= 0.3 is 5.97 Å². The largest absolute Gasteiger partial charge is 0.481 e. The highest BCUT2D eigenvalue weighted by atomic mass is 16.5. The number of aliphatic carboxylic acids is 1. The lowest BCUT2D eigenvalue weighted by Gasteiger charge is -2.27. The molecule has 2 aromatic carbocycles. The molecule has 0 saturated carbocycles. The van der Waals surface area contributed by atoms with Crippen molar-refractivity contribution in [2.75, 3.05) is 23.0 Å². The molecule has 33 heavy (non-hydrogen) atoms. The predicted octanol–water partition coefficient (Wildman–Crippen LogP) is 2.87. The molecule has 5 N–H and O–H groups in total. The third-order valence-electron chi connectivity index (χ3n) is 5.16. The van der Waals surface area contributed by atoms with Crippen molar-refractivity contribution in [2.24, 2.45) is 0 Å². The number of ether oxygens (including phenoxy) is 1. The fourth-order valence-electron chi connectivity index (χ4n) is 3.77. The van der Waals surface area contributed by atoms with Crippen LogP contribution in [0, 0.1) is 0 Å². The Kier molecular flexibility index (Phi) is 4.94. The van der Waals surface area contributed by atoms with Crippen molar-refractivity contribution >= 4 is 52.4 Å². The number of anilines is 4. The maximum atomic E-state index is 11.1. The van der Waals surface area contributed by atoms with Gasteiger partial charge in [-0.3, -0.25) is 0 Å². The number of nitrogen functional groups attached to an aromatic ring is 2. The molecule has 3 heterocycles. The first-order valence-corrected chi connectivity index (χ1v) is 10.1. The van der Waals surface area contributed by atoms with Crippen LogP contribution in [0.3, 0.4) is 0 Å². The second-order valence-electron chi connectivity index (χ2n) is 7.35. The smallest absolute Gasteiger partial charge is 0.341 e. The Morgan fingerprint density at radius 2 is 1.82 bits per heavy atom. The molecule has 0 spiro atoms. The number of rotatable bonds is 5. The fraction of sp³-hybridized carbons (Fsp3) is 0.0870. The Morgan fingerprint density at radius 1 is 1.00 bits per heavy atom. The van der Waals surface area contributed by atoms with Crippen LogP contribution in [-0.2, 0) is 11.3 Å². The van der Waals surface area contributed by atoms with E-state index in [4.69, 9.17) is 21.3 Å². The van der Waals surface area contributed by atoms with E-state index in [1.54, 1.807) is 12.3 Å². The van der Waals surface area contributed by atoms with Gasteiger partial charge in [-0.25, -0.2) is 14.8 Å². The molecular formula is C23H19N7O3. The normalized spacial score (nSPS) is 12.2. The number of nitrogens with two attached hydrogens (primary N) is 2.